The first-order chi connectivity index (χ1) is 12.0. The Bertz CT molecular complexity index is 757. The Morgan fingerprint density at radius 1 is 1.20 bits per heavy atom. The molecule has 1 heterocycles. The molecule has 25 heavy (non-hydrogen) atoms. The van der Waals surface area contributed by atoms with Gasteiger partial charge in [-0.25, -0.2) is 4.39 Å². The third-order valence-electron chi connectivity index (χ3n) is 4.53. The molecule has 0 bridgehead atoms. The van der Waals surface area contributed by atoms with E-state index >= 15 is 0 Å². The molecule has 4 nitrogen and oxygen atoms in total. The smallest absolute Gasteiger partial charge is 0.192 e. The highest BCUT2D eigenvalue weighted by Crippen LogP contribution is 2.31. The van der Waals surface area contributed by atoms with Crippen molar-refractivity contribution in [3.05, 3.63) is 70.5 Å². The van der Waals surface area contributed by atoms with E-state index in [4.69, 9.17) is 4.74 Å². The van der Waals surface area contributed by atoms with Crippen LogP contribution < -0.4 is 0 Å². The lowest BCUT2D eigenvalue weighted by Gasteiger charge is -2.31. The van der Waals surface area contributed by atoms with Crippen molar-refractivity contribution >= 4 is 5.78 Å². The van der Waals surface area contributed by atoms with E-state index < -0.39 is 30.7 Å². The standard InChI is InChI=1S/C20H21FO4/c1-12-2-4-13(5-3-12)8-15-9-14(6-7-16(15)21)18-10-17(23)20(24)19(11-22)25-18/h2-7,9,17-19,22-23H,8,10-11H2,1H3/t17-,18-,19-/m1/s1. The monoisotopic (exact) mass is 344 g/mol. The molecule has 0 saturated carbocycles. The summed E-state index contributed by atoms with van der Waals surface area (Å²) < 4.78 is 19.8. The van der Waals surface area contributed by atoms with Crippen LogP contribution in [0.2, 0.25) is 0 Å². The molecule has 0 radical (unpaired) electrons. The van der Waals surface area contributed by atoms with E-state index in [-0.39, 0.29) is 12.2 Å². The molecule has 5 heteroatoms. The molecule has 3 atom stereocenters. The summed E-state index contributed by atoms with van der Waals surface area (Å²) in [7, 11) is 0. The fourth-order valence-corrected chi connectivity index (χ4v) is 3.06. The molecule has 132 valence electrons. The topological polar surface area (TPSA) is 66.8 Å². The predicted molar refractivity (Wildman–Crippen MR) is 90.7 cm³/mol. The van der Waals surface area contributed by atoms with Gasteiger partial charge in [0.15, 0.2) is 5.78 Å². The fourth-order valence-electron chi connectivity index (χ4n) is 3.06. The van der Waals surface area contributed by atoms with Gasteiger partial charge in [-0.2, -0.15) is 0 Å². The second-order valence-corrected chi connectivity index (χ2v) is 6.46. The Hall–Kier alpha value is -2.08. The molecule has 0 aliphatic carbocycles. The lowest BCUT2D eigenvalue weighted by atomic mass is 9.93. The number of halogens is 1. The van der Waals surface area contributed by atoms with Gasteiger partial charge < -0.3 is 14.9 Å². The van der Waals surface area contributed by atoms with Crippen LogP contribution in [0.4, 0.5) is 4.39 Å². The molecule has 0 aromatic heterocycles. The molecule has 0 unspecified atom stereocenters. The molecular weight excluding hydrogens is 323 g/mol. The van der Waals surface area contributed by atoms with Crippen molar-refractivity contribution in [2.24, 2.45) is 0 Å². The molecule has 1 aliphatic rings. The number of aliphatic hydroxyl groups is 2. The van der Waals surface area contributed by atoms with Gasteiger partial charge in [0, 0.05) is 12.8 Å². The Labute approximate surface area is 145 Å². The minimum absolute atomic E-state index is 0.102. The van der Waals surface area contributed by atoms with Crippen molar-refractivity contribution < 1.29 is 24.1 Å². The first kappa shape index (κ1) is 17.7. The highest BCUT2D eigenvalue weighted by Gasteiger charge is 2.36. The fraction of sp³-hybridized carbons (Fsp3) is 0.350. The molecular formula is C20H21FO4. The number of carbonyl (C=O) groups excluding carboxylic acids is 1. The van der Waals surface area contributed by atoms with E-state index in [0.29, 0.717) is 17.5 Å². The normalized spacial score (nSPS) is 23.7. The molecule has 1 aliphatic heterocycles. The number of hydrogen-bond acceptors (Lipinski definition) is 4. The maximum absolute atomic E-state index is 14.2. The van der Waals surface area contributed by atoms with Crippen LogP contribution >= 0.6 is 0 Å². The zero-order chi connectivity index (χ0) is 18.0. The van der Waals surface area contributed by atoms with E-state index in [9.17, 15) is 19.4 Å². The Balaban J connectivity index is 1.83. The summed E-state index contributed by atoms with van der Waals surface area (Å²) in [6, 6.07) is 12.6. The summed E-state index contributed by atoms with van der Waals surface area (Å²) in [5.74, 6) is -0.823. The number of aryl methyl sites for hydroxylation is 1. The van der Waals surface area contributed by atoms with Crippen molar-refractivity contribution in [2.75, 3.05) is 6.61 Å². The molecule has 2 N–H and O–H groups in total. The number of Topliss-reactive ketones (excluding diaryl/α,β-unsaturated/α-hetero) is 1. The van der Waals surface area contributed by atoms with Gasteiger partial charge in [-0.3, -0.25) is 4.79 Å². The van der Waals surface area contributed by atoms with Crippen LogP contribution in [0.3, 0.4) is 0 Å². The minimum Gasteiger partial charge on any atom is -0.393 e. The number of benzene rings is 2. The molecule has 0 amide bonds. The van der Waals surface area contributed by atoms with Gasteiger partial charge in [-0.1, -0.05) is 35.9 Å². The van der Waals surface area contributed by atoms with Crippen molar-refractivity contribution in [3.63, 3.8) is 0 Å². The van der Waals surface area contributed by atoms with Gasteiger partial charge in [-0.15, -0.1) is 0 Å². The van der Waals surface area contributed by atoms with E-state index in [1.54, 1.807) is 12.1 Å². The van der Waals surface area contributed by atoms with Crippen LogP contribution in [0.25, 0.3) is 0 Å². The van der Waals surface area contributed by atoms with Crippen LogP contribution in [-0.2, 0) is 16.0 Å². The number of rotatable bonds is 4. The highest BCUT2D eigenvalue weighted by atomic mass is 19.1. The minimum atomic E-state index is -1.18. The van der Waals surface area contributed by atoms with Gasteiger partial charge >= 0.3 is 0 Å². The summed E-state index contributed by atoms with van der Waals surface area (Å²) in [5.41, 5.74) is 3.35. The van der Waals surface area contributed by atoms with E-state index in [2.05, 4.69) is 0 Å². The lowest BCUT2D eigenvalue weighted by Crippen LogP contribution is -2.43. The summed E-state index contributed by atoms with van der Waals surface area (Å²) >= 11 is 0. The predicted octanol–water partition coefficient (Wildman–Crippen LogP) is 2.48. The quantitative estimate of drug-likeness (QED) is 0.894. The zero-order valence-electron chi connectivity index (χ0n) is 14.0. The molecule has 2 aromatic rings. The summed E-state index contributed by atoms with van der Waals surface area (Å²) in [6.45, 7) is 1.51. The van der Waals surface area contributed by atoms with Gasteiger partial charge in [0.05, 0.1) is 12.7 Å². The summed E-state index contributed by atoms with van der Waals surface area (Å²) in [5, 5.41) is 19.1. The van der Waals surface area contributed by atoms with Gasteiger partial charge in [-0.05, 0) is 35.7 Å². The maximum atomic E-state index is 14.2. The third-order valence-corrected chi connectivity index (χ3v) is 4.53. The summed E-state index contributed by atoms with van der Waals surface area (Å²) in [6.07, 6.45) is -2.23. The molecule has 1 fully saturated rings. The van der Waals surface area contributed by atoms with Crippen LogP contribution in [0.5, 0.6) is 0 Å². The second kappa shape index (κ2) is 7.44. The van der Waals surface area contributed by atoms with Crippen LogP contribution in [-0.4, -0.2) is 34.8 Å². The largest absolute Gasteiger partial charge is 0.393 e. The molecule has 0 spiro atoms. The summed E-state index contributed by atoms with van der Waals surface area (Å²) in [4.78, 5) is 11.7. The van der Waals surface area contributed by atoms with Gasteiger partial charge in [0.1, 0.15) is 18.0 Å². The van der Waals surface area contributed by atoms with Crippen molar-refractivity contribution in [2.45, 2.75) is 38.1 Å². The van der Waals surface area contributed by atoms with Crippen LogP contribution in [0.15, 0.2) is 42.5 Å². The highest BCUT2D eigenvalue weighted by molar-refractivity contribution is 5.88. The number of aliphatic hydroxyl groups excluding tert-OH is 2. The maximum Gasteiger partial charge on any atom is 0.192 e. The Morgan fingerprint density at radius 2 is 1.92 bits per heavy atom. The second-order valence-electron chi connectivity index (χ2n) is 6.46. The average molecular weight is 344 g/mol. The number of ketones is 1. The van der Waals surface area contributed by atoms with Crippen LogP contribution in [0, 0.1) is 12.7 Å². The molecule has 3 rings (SSSR count). The number of carbonyl (C=O) groups is 1. The van der Waals surface area contributed by atoms with Crippen molar-refractivity contribution in [1.29, 1.82) is 0 Å². The van der Waals surface area contributed by atoms with E-state index in [1.165, 1.54) is 6.07 Å². The molecule has 1 saturated heterocycles. The Kier molecular flexibility index (Phi) is 5.27. The number of ether oxygens (including phenoxy) is 1. The van der Waals surface area contributed by atoms with Crippen molar-refractivity contribution in [3.8, 4) is 0 Å². The lowest BCUT2D eigenvalue weighted by molar-refractivity contribution is -0.161. The first-order valence-electron chi connectivity index (χ1n) is 8.30. The third kappa shape index (κ3) is 3.95. The SMILES string of the molecule is Cc1ccc(Cc2cc([C@H]3C[C@@H](O)C(=O)[C@@H](CO)O3)ccc2F)cc1. The zero-order valence-corrected chi connectivity index (χ0v) is 14.0. The van der Waals surface area contributed by atoms with E-state index in [0.717, 1.165) is 11.1 Å². The average Bonchev–Trinajstić information content (AvgIpc) is 2.61. The van der Waals surface area contributed by atoms with Gasteiger partial charge in [0.2, 0.25) is 0 Å². The van der Waals surface area contributed by atoms with Gasteiger partial charge in [0.25, 0.3) is 0 Å². The van der Waals surface area contributed by atoms with E-state index in [1.807, 2.05) is 31.2 Å². The van der Waals surface area contributed by atoms with Crippen LogP contribution in [0.1, 0.15) is 34.8 Å². The van der Waals surface area contributed by atoms with Crippen molar-refractivity contribution in [1.82, 2.24) is 0 Å². The molecule has 2 aromatic carbocycles. The Morgan fingerprint density at radius 3 is 2.60 bits per heavy atom. The number of hydrogen-bond donors (Lipinski definition) is 2. The first-order valence-corrected chi connectivity index (χ1v) is 8.30.